The number of carbonyl (C=O) groups excluding carboxylic acids is 1. The van der Waals surface area contributed by atoms with Crippen molar-refractivity contribution in [3.8, 4) is 5.75 Å². The van der Waals surface area contributed by atoms with Gasteiger partial charge in [0.2, 0.25) is 0 Å². The molecular weight excluding hydrogens is 400 g/mol. The number of nitrogens with zero attached hydrogens (tertiary/aromatic N) is 1. The molecule has 7 heteroatoms. The molecule has 6 nitrogen and oxygen atoms in total. The predicted octanol–water partition coefficient (Wildman–Crippen LogP) is 5.08. The standard InChI is InChI=1S/C19H15BrN2O4/c1-11-7-8-13(22(24)25)10-16(11)21-19(23)15-9-12-5-3-4-6-14(12)17(20)18(15)26-2/h3-10H,1-2H3,(H,21,23). The fraction of sp³-hybridized carbons (Fsp3) is 0.105. The highest BCUT2D eigenvalue weighted by Crippen LogP contribution is 2.37. The van der Waals surface area contributed by atoms with Gasteiger partial charge in [-0.2, -0.15) is 0 Å². The van der Waals surface area contributed by atoms with Gasteiger partial charge in [-0.15, -0.1) is 0 Å². The number of anilines is 1. The summed E-state index contributed by atoms with van der Waals surface area (Å²) in [4.78, 5) is 23.3. The van der Waals surface area contributed by atoms with Crippen molar-refractivity contribution in [3.63, 3.8) is 0 Å². The van der Waals surface area contributed by atoms with E-state index in [9.17, 15) is 14.9 Å². The number of amides is 1. The molecule has 1 N–H and O–H groups in total. The topological polar surface area (TPSA) is 81.5 Å². The van der Waals surface area contributed by atoms with Crippen molar-refractivity contribution >= 4 is 44.0 Å². The first-order valence-electron chi connectivity index (χ1n) is 7.74. The van der Waals surface area contributed by atoms with E-state index < -0.39 is 10.8 Å². The highest BCUT2D eigenvalue weighted by atomic mass is 79.9. The summed E-state index contributed by atoms with van der Waals surface area (Å²) in [5.74, 6) is 0.00110. The number of aryl methyl sites for hydroxylation is 1. The molecule has 132 valence electrons. The van der Waals surface area contributed by atoms with Crippen molar-refractivity contribution in [2.75, 3.05) is 12.4 Å². The van der Waals surface area contributed by atoms with E-state index in [0.717, 1.165) is 16.3 Å². The fourth-order valence-corrected chi connectivity index (χ4v) is 3.44. The molecule has 0 aromatic heterocycles. The van der Waals surface area contributed by atoms with Gasteiger partial charge in [0.25, 0.3) is 11.6 Å². The maximum absolute atomic E-state index is 12.8. The van der Waals surface area contributed by atoms with Gasteiger partial charge in [-0.1, -0.05) is 30.3 Å². The van der Waals surface area contributed by atoms with Crippen LogP contribution < -0.4 is 10.1 Å². The van der Waals surface area contributed by atoms with Crippen LogP contribution in [0.5, 0.6) is 5.75 Å². The van der Waals surface area contributed by atoms with Crippen LogP contribution in [0.1, 0.15) is 15.9 Å². The highest BCUT2D eigenvalue weighted by molar-refractivity contribution is 9.10. The lowest BCUT2D eigenvalue weighted by Gasteiger charge is -2.14. The summed E-state index contributed by atoms with van der Waals surface area (Å²) in [6.07, 6.45) is 0. The zero-order chi connectivity index (χ0) is 18.8. The molecule has 3 aromatic carbocycles. The number of hydrogen-bond acceptors (Lipinski definition) is 4. The number of benzene rings is 3. The molecule has 0 aliphatic carbocycles. The molecule has 0 radical (unpaired) electrons. The second kappa shape index (κ2) is 7.13. The zero-order valence-corrected chi connectivity index (χ0v) is 15.7. The van der Waals surface area contributed by atoms with Crippen LogP contribution in [0.15, 0.2) is 53.0 Å². The largest absolute Gasteiger partial charge is 0.495 e. The summed E-state index contributed by atoms with van der Waals surface area (Å²) < 4.78 is 6.10. The second-order valence-corrected chi connectivity index (χ2v) is 6.50. The van der Waals surface area contributed by atoms with Gasteiger partial charge in [0, 0.05) is 12.1 Å². The Morgan fingerprint density at radius 3 is 2.62 bits per heavy atom. The molecule has 0 fully saturated rings. The summed E-state index contributed by atoms with van der Waals surface area (Å²) in [6.45, 7) is 1.77. The summed E-state index contributed by atoms with van der Waals surface area (Å²) >= 11 is 3.50. The third-order valence-electron chi connectivity index (χ3n) is 4.07. The quantitative estimate of drug-likeness (QED) is 0.476. The second-order valence-electron chi connectivity index (χ2n) is 5.70. The van der Waals surface area contributed by atoms with Crippen LogP contribution in [0, 0.1) is 17.0 Å². The highest BCUT2D eigenvalue weighted by Gasteiger charge is 2.19. The Morgan fingerprint density at radius 1 is 1.19 bits per heavy atom. The number of ether oxygens (including phenoxy) is 1. The minimum absolute atomic E-state index is 0.0856. The lowest BCUT2D eigenvalue weighted by Crippen LogP contribution is -2.14. The molecule has 0 unspecified atom stereocenters. The van der Waals surface area contributed by atoms with Crippen molar-refractivity contribution in [1.82, 2.24) is 0 Å². The normalized spacial score (nSPS) is 10.6. The van der Waals surface area contributed by atoms with Gasteiger partial charge < -0.3 is 10.1 Å². The number of non-ortho nitro benzene ring substituents is 1. The Labute approximate surface area is 158 Å². The number of methoxy groups -OCH3 is 1. The third-order valence-corrected chi connectivity index (χ3v) is 4.86. The minimum atomic E-state index is -0.498. The molecule has 3 aromatic rings. The molecule has 0 heterocycles. The van der Waals surface area contributed by atoms with Crippen LogP contribution in [-0.4, -0.2) is 17.9 Å². The van der Waals surface area contributed by atoms with Gasteiger partial charge in [-0.25, -0.2) is 0 Å². The number of carbonyl (C=O) groups is 1. The Hall–Kier alpha value is -2.93. The van der Waals surface area contributed by atoms with Gasteiger partial charge in [0.05, 0.1) is 27.8 Å². The van der Waals surface area contributed by atoms with Crippen molar-refractivity contribution < 1.29 is 14.5 Å². The molecule has 0 bridgehead atoms. The Kier molecular flexibility index (Phi) is 4.90. The molecule has 0 saturated carbocycles. The van der Waals surface area contributed by atoms with E-state index in [2.05, 4.69) is 21.2 Å². The number of hydrogen-bond donors (Lipinski definition) is 1. The lowest BCUT2D eigenvalue weighted by molar-refractivity contribution is -0.384. The van der Waals surface area contributed by atoms with Crippen LogP contribution >= 0.6 is 15.9 Å². The Morgan fingerprint density at radius 2 is 1.92 bits per heavy atom. The number of nitro benzene ring substituents is 1. The average Bonchev–Trinajstić information content (AvgIpc) is 2.63. The number of nitro groups is 1. The molecule has 3 rings (SSSR count). The maximum Gasteiger partial charge on any atom is 0.271 e. The van der Waals surface area contributed by atoms with Gasteiger partial charge >= 0.3 is 0 Å². The van der Waals surface area contributed by atoms with Crippen molar-refractivity contribution in [2.24, 2.45) is 0 Å². The van der Waals surface area contributed by atoms with E-state index >= 15 is 0 Å². The van der Waals surface area contributed by atoms with Gasteiger partial charge in [0.1, 0.15) is 5.75 Å². The molecule has 0 saturated heterocycles. The van der Waals surface area contributed by atoms with Crippen LogP contribution in [0.25, 0.3) is 10.8 Å². The molecule has 0 spiro atoms. The predicted molar refractivity (Wildman–Crippen MR) is 104 cm³/mol. The molecule has 0 aliphatic rings. The first kappa shape index (κ1) is 17.9. The van der Waals surface area contributed by atoms with Crippen molar-refractivity contribution in [3.05, 3.63) is 74.2 Å². The van der Waals surface area contributed by atoms with E-state index in [0.29, 0.717) is 21.5 Å². The van der Waals surface area contributed by atoms with E-state index in [1.165, 1.54) is 19.2 Å². The van der Waals surface area contributed by atoms with Crippen LogP contribution in [0.3, 0.4) is 0 Å². The molecule has 26 heavy (non-hydrogen) atoms. The van der Waals surface area contributed by atoms with Crippen LogP contribution in [-0.2, 0) is 0 Å². The summed E-state index contributed by atoms with van der Waals surface area (Å²) in [5, 5.41) is 15.5. The van der Waals surface area contributed by atoms with Crippen molar-refractivity contribution in [2.45, 2.75) is 6.92 Å². The van der Waals surface area contributed by atoms with Crippen molar-refractivity contribution in [1.29, 1.82) is 0 Å². The fourth-order valence-electron chi connectivity index (χ4n) is 2.70. The van der Waals surface area contributed by atoms with Crippen LogP contribution in [0.4, 0.5) is 11.4 Å². The number of rotatable bonds is 4. The zero-order valence-electron chi connectivity index (χ0n) is 14.1. The Bertz CT molecular complexity index is 1030. The third kappa shape index (κ3) is 3.25. The first-order valence-corrected chi connectivity index (χ1v) is 8.53. The Balaban J connectivity index is 2.06. The van der Waals surface area contributed by atoms with E-state index in [4.69, 9.17) is 4.74 Å². The van der Waals surface area contributed by atoms with E-state index in [1.807, 2.05) is 24.3 Å². The lowest BCUT2D eigenvalue weighted by atomic mass is 10.0. The van der Waals surface area contributed by atoms with Gasteiger partial charge in [-0.3, -0.25) is 14.9 Å². The van der Waals surface area contributed by atoms with Gasteiger partial charge in [0.15, 0.2) is 0 Å². The van der Waals surface area contributed by atoms with Gasteiger partial charge in [-0.05, 0) is 45.3 Å². The monoisotopic (exact) mass is 414 g/mol. The molecule has 1 amide bonds. The average molecular weight is 415 g/mol. The number of nitrogens with one attached hydrogen (secondary N) is 1. The maximum atomic E-state index is 12.8. The number of halogens is 1. The SMILES string of the molecule is COc1c(C(=O)Nc2cc([N+](=O)[O-])ccc2C)cc2ccccc2c1Br. The summed E-state index contributed by atoms with van der Waals surface area (Å²) in [7, 11) is 1.49. The molecular formula is C19H15BrN2O4. The first-order chi connectivity index (χ1) is 12.4. The van der Waals surface area contributed by atoms with E-state index in [1.54, 1.807) is 19.1 Å². The minimum Gasteiger partial charge on any atom is -0.495 e. The molecule has 0 atom stereocenters. The summed E-state index contributed by atoms with van der Waals surface area (Å²) in [6, 6.07) is 13.7. The molecule has 0 aliphatic heterocycles. The number of fused-ring (bicyclic) bond motifs is 1. The van der Waals surface area contributed by atoms with E-state index in [-0.39, 0.29) is 5.69 Å². The smallest absolute Gasteiger partial charge is 0.271 e. The summed E-state index contributed by atoms with van der Waals surface area (Å²) in [5.41, 5.74) is 1.36. The van der Waals surface area contributed by atoms with Crippen LogP contribution in [0.2, 0.25) is 0 Å².